The minimum absolute atomic E-state index is 0.0874. The summed E-state index contributed by atoms with van der Waals surface area (Å²) in [6, 6.07) is 0. The summed E-state index contributed by atoms with van der Waals surface area (Å²) in [4.78, 5) is 38.2. The normalized spacial score (nSPS) is 12.6. The second-order valence-electron chi connectivity index (χ2n) is 19.5. The third kappa shape index (κ3) is 55.6. The van der Waals surface area contributed by atoms with Gasteiger partial charge in [-0.25, -0.2) is 0 Å². The van der Waals surface area contributed by atoms with Gasteiger partial charge in [-0.1, -0.05) is 229 Å². The predicted octanol–water partition coefficient (Wildman–Crippen LogP) is 19.8. The zero-order valence-electron chi connectivity index (χ0n) is 45.6. The van der Waals surface area contributed by atoms with Crippen LogP contribution in [0.15, 0.2) is 72.9 Å². The van der Waals surface area contributed by atoms with Gasteiger partial charge in [0, 0.05) is 19.3 Å². The second kappa shape index (κ2) is 57.4. The van der Waals surface area contributed by atoms with Crippen molar-refractivity contribution in [3.05, 3.63) is 72.9 Å². The molecule has 69 heavy (non-hydrogen) atoms. The van der Waals surface area contributed by atoms with Gasteiger partial charge in [-0.15, -0.1) is 0 Å². The Kier molecular flexibility index (Phi) is 54.8. The SMILES string of the molecule is CCCCC/C=C\C/C=C\C/C=C\CCCCCCC(=O)O[C@@H](COC(=O)CCCCCCCCC/C=C\CCCCCC)COC(=O)CCCCCCCCCCC/C=C\C/C=C\CCCCC. The molecule has 398 valence electrons. The molecular formula is C63H110O6. The molecule has 0 aromatic heterocycles. The number of ether oxygens (including phenoxy) is 3. The third-order valence-electron chi connectivity index (χ3n) is 12.7. The van der Waals surface area contributed by atoms with E-state index in [-0.39, 0.29) is 31.1 Å². The van der Waals surface area contributed by atoms with Gasteiger partial charge < -0.3 is 14.2 Å². The van der Waals surface area contributed by atoms with Crippen molar-refractivity contribution in [1.82, 2.24) is 0 Å². The Morgan fingerprint density at radius 3 is 0.855 bits per heavy atom. The van der Waals surface area contributed by atoms with Crippen LogP contribution in [0, 0.1) is 0 Å². The van der Waals surface area contributed by atoms with Crippen molar-refractivity contribution in [3.8, 4) is 0 Å². The maximum atomic E-state index is 12.9. The van der Waals surface area contributed by atoms with Crippen molar-refractivity contribution >= 4 is 17.9 Å². The van der Waals surface area contributed by atoms with Gasteiger partial charge in [-0.3, -0.25) is 14.4 Å². The van der Waals surface area contributed by atoms with E-state index in [0.717, 1.165) is 89.9 Å². The minimum Gasteiger partial charge on any atom is -0.462 e. The summed E-state index contributed by atoms with van der Waals surface area (Å²) in [5.41, 5.74) is 0. The molecule has 0 aliphatic heterocycles. The summed E-state index contributed by atoms with van der Waals surface area (Å²) in [7, 11) is 0. The number of unbranched alkanes of at least 4 members (excludes halogenated alkanes) is 30. The van der Waals surface area contributed by atoms with Crippen LogP contribution in [0.4, 0.5) is 0 Å². The Balaban J connectivity index is 4.42. The van der Waals surface area contributed by atoms with Gasteiger partial charge in [-0.2, -0.15) is 0 Å². The van der Waals surface area contributed by atoms with E-state index in [2.05, 4.69) is 93.7 Å². The summed E-state index contributed by atoms with van der Waals surface area (Å²) < 4.78 is 16.9. The van der Waals surface area contributed by atoms with Crippen LogP contribution < -0.4 is 0 Å². The maximum Gasteiger partial charge on any atom is 0.306 e. The monoisotopic (exact) mass is 963 g/mol. The van der Waals surface area contributed by atoms with Gasteiger partial charge >= 0.3 is 17.9 Å². The standard InChI is InChI=1S/C63H110O6/c1-4-7-10-13-16-19-22-25-28-30-31-33-35-38-41-44-47-50-53-56-62(65)68-59-60(58-67-61(64)55-52-49-46-43-40-37-34-27-24-21-18-15-12-9-6-3)69-63(66)57-54-51-48-45-42-39-36-32-29-26-23-20-17-14-11-8-5-2/h16-17,19-21,24-26,28-29,36,39,60H,4-15,18,22-23,27,30-35,37-38,40-59H2,1-3H3/b19-16-,20-17-,24-21-,28-25-,29-26-,39-36-/t60-/m0/s1. The molecule has 0 aromatic carbocycles. The van der Waals surface area contributed by atoms with Crippen LogP contribution in [0.2, 0.25) is 0 Å². The van der Waals surface area contributed by atoms with E-state index in [4.69, 9.17) is 14.2 Å². The molecule has 0 heterocycles. The van der Waals surface area contributed by atoms with Crippen LogP contribution in [-0.2, 0) is 28.6 Å². The first-order valence-electron chi connectivity index (χ1n) is 29.4. The molecule has 6 heteroatoms. The summed E-state index contributed by atoms with van der Waals surface area (Å²) in [6.07, 6.45) is 73.1. The van der Waals surface area contributed by atoms with E-state index in [9.17, 15) is 14.4 Å². The fourth-order valence-corrected chi connectivity index (χ4v) is 8.18. The van der Waals surface area contributed by atoms with E-state index >= 15 is 0 Å². The van der Waals surface area contributed by atoms with Gasteiger partial charge in [0.25, 0.3) is 0 Å². The number of esters is 3. The lowest BCUT2D eigenvalue weighted by molar-refractivity contribution is -0.167. The van der Waals surface area contributed by atoms with Gasteiger partial charge in [0.2, 0.25) is 0 Å². The first-order chi connectivity index (χ1) is 34.0. The molecule has 0 rings (SSSR count). The Morgan fingerprint density at radius 1 is 0.290 bits per heavy atom. The molecule has 0 N–H and O–H groups in total. The average Bonchev–Trinajstić information content (AvgIpc) is 3.35. The lowest BCUT2D eigenvalue weighted by Gasteiger charge is -2.18. The quantitative estimate of drug-likeness (QED) is 0.0262. The molecular weight excluding hydrogens is 853 g/mol. The van der Waals surface area contributed by atoms with Crippen LogP contribution in [0.1, 0.15) is 290 Å². The smallest absolute Gasteiger partial charge is 0.306 e. The zero-order valence-corrected chi connectivity index (χ0v) is 45.6. The average molecular weight is 964 g/mol. The number of carbonyl (C=O) groups excluding carboxylic acids is 3. The second-order valence-corrected chi connectivity index (χ2v) is 19.5. The highest BCUT2D eigenvalue weighted by Gasteiger charge is 2.19. The summed E-state index contributed by atoms with van der Waals surface area (Å²) in [6.45, 7) is 6.57. The molecule has 0 aromatic rings. The highest BCUT2D eigenvalue weighted by molar-refractivity contribution is 5.71. The highest BCUT2D eigenvalue weighted by atomic mass is 16.6. The first-order valence-corrected chi connectivity index (χ1v) is 29.4. The Morgan fingerprint density at radius 2 is 0.522 bits per heavy atom. The van der Waals surface area contributed by atoms with Crippen molar-refractivity contribution in [2.24, 2.45) is 0 Å². The van der Waals surface area contributed by atoms with E-state index in [0.29, 0.717) is 19.3 Å². The number of allylic oxidation sites excluding steroid dienone is 12. The van der Waals surface area contributed by atoms with Crippen LogP contribution in [0.25, 0.3) is 0 Å². The largest absolute Gasteiger partial charge is 0.462 e. The van der Waals surface area contributed by atoms with Crippen molar-refractivity contribution in [3.63, 3.8) is 0 Å². The van der Waals surface area contributed by atoms with Gasteiger partial charge in [0.05, 0.1) is 0 Å². The van der Waals surface area contributed by atoms with E-state index in [1.165, 1.54) is 161 Å². The molecule has 0 unspecified atom stereocenters. The molecule has 0 saturated heterocycles. The number of carbonyl (C=O) groups is 3. The predicted molar refractivity (Wildman–Crippen MR) is 298 cm³/mol. The molecule has 0 radical (unpaired) electrons. The number of hydrogen-bond acceptors (Lipinski definition) is 6. The van der Waals surface area contributed by atoms with E-state index in [1.807, 2.05) is 0 Å². The van der Waals surface area contributed by atoms with Gasteiger partial charge in [0.15, 0.2) is 6.10 Å². The lowest BCUT2D eigenvalue weighted by Crippen LogP contribution is -2.30. The molecule has 6 nitrogen and oxygen atoms in total. The summed E-state index contributed by atoms with van der Waals surface area (Å²) in [5, 5.41) is 0. The van der Waals surface area contributed by atoms with Crippen molar-refractivity contribution in [1.29, 1.82) is 0 Å². The molecule has 0 spiro atoms. The zero-order chi connectivity index (χ0) is 50.0. The van der Waals surface area contributed by atoms with Crippen molar-refractivity contribution in [2.75, 3.05) is 13.2 Å². The van der Waals surface area contributed by atoms with Crippen molar-refractivity contribution in [2.45, 2.75) is 297 Å². The summed E-state index contributed by atoms with van der Waals surface area (Å²) >= 11 is 0. The van der Waals surface area contributed by atoms with Crippen LogP contribution >= 0.6 is 0 Å². The van der Waals surface area contributed by atoms with Crippen LogP contribution in [-0.4, -0.2) is 37.2 Å². The molecule has 0 amide bonds. The topological polar surface area (TPSA) is 78.9 Å². The fraction of sp³-hybridized carbons (Fsp3) is 0.762. The Labute approximate surface area is 427 Å². The molecule has 0 saturated carbocycles. The number of hydrogen-bond donors (Lipinski definition) is 0. The first kappa shape index (κ1) is 65.8. The Bertz CT molecular complexity index is 1290. The van der Waals surface area contributed by atoms with Gasteiger partial charge in [-0.05, 0) is 116 Å². The maximum absolute atomic E-state index is 12.9. The summed E-state index contributed by atoms with van der Waals surface area (Å²) in [5.74, 6) is -0.909. The van der Waals surface area contributed by atoms with Crippen LogP contribution in [0.3, 0.4) is 0 Å². The molecule has 0 aliphatic rings. The van der Waals surface area contributed by atoms with E-state index < -0.39 is 6.10 Å². The van der Waals surface area contributed by atoms with Gasteiger partial charge in [0.1, 0.15) is 13.2 Å². The third-order valence-corrected chi connectivity index (χ3v) is 12.7. The van der Waals surface area contributed by atoms with Crippen LogP contribution in [0.5, 0.6) is 0 Å². The fourth-order valence-electron chi connectivity index (χ4n) is 8.18. The molecule has 0 bridgehead atoms. The highest BCUT2D eigenvalue weighted by Crippen LogP contribution is 2.15. The molecule has 0 fully saturated rings. The molecule has 1 atom stereocenters. The van der Waals surface area contributed by atoms with Crippen molar-refractivity contribution < 1.29 is 28.6 Å². The van der Waals surface area contributed by atoms with E-state index in [1.54, 1.807) is 0 Å². The minimum atomic E-state index is -0.791. The number of rotatable bonds is 53. The lowest BCUT2D eigenvalue weighted by atomic mass is 10.1. The molecule has 0 aliphatic carbocycles. The Hall–Kier alpha value is -3.15.